The molecule has 17 heavy (non-hydrogen) atoms. The van der Waals surface area contributed by atoms with Gasteiger partial charge in [-0.05, 0) is 25.0 Å². The maximum atomic E-state index is 11.7. The molecule has 0 aromatic heterocycles. The lowest BCUT2D eigenvalue weighted by atomic mass is 10.2. The van der Waals surface area contributed by atoms with Crippen molar-refractivity contribution in [1.82, 2.24) is 0 Å². The Kier molecular flexibility index (Phi) is 5.15. The molecule has 4 nitrogen and oxygen atoms in total. The molecule has 0 heterocycles. The van der Waals surface area contributed by atoms with Gasteiger partial charge in [0.1, 0.15) is 4.90 Å². The summed E-state index contributed by atoms with van der Waals surface area (Å²) in [6.45, 7) is 3.93. The molecule has 0 radical (unpaired) electrons. The van der Waals surface area contributed by atoms with Crippen LogP contribution < -0.4 is 0 Å². The summed E-state index contributed by atoms with van der Waals surface area (Å²) in [6.07, 6.45) is 2.36. The van der Waals surface area contributed by atoms with Crippen molar-refractivity contribution in [3.8, 4) is 0 Å². The van der Waals surface area contributed by atoms with Gasteiger partial charge < -0.3 is 0 Å². The fraction of sp³-hybridized carbons (Fsp3) is 0.417. The van der Waals surface area contributed by atoms with Crippen LogP contribution in [0.1, 0.15) is 33.1 Å². The molecular formula is C12H17NO3S. The highest BCUT2D eigenvalue weighted by Gasteiger charge is 2.14. The molecule has 1 aromatic carbocycles. The Morgan fingerprint density at radius 3 is 2.41 bits per heavy atom. The van der Waals surface area contributed by atoms with Crippen molar-refractivity contribution in [1.29, 1.82) is 0 Å². The van der Waals surface area contributed by atoms with Crippen LogP contribution in [0.25, 0.3) is 0 Å². The quantitative estimate of drug-likeness (QED) is 0.580. The van der Waals surface area contributed by atoms with Crippen LogP contribution in [0.15, 0.2) is 40.4 Å². The third-order valence-electron chi connectivity index (χ3n) is 2.24. The number of rotatable bonds is 6. The Hall–Kier alpha value is -1.36. The maximum absolute atomic E-state index is 11.7. The molecule has 0 aliphatic heterocycles. The van der Waals surface area contributed by atoms with Crippen molar-refractivity contribution in [3.63, 3.8) is 0 Å². The summed E-state index contributed by atoms with van der Waals surface area (Å²) in [7, 11) is -3.77. The first kappa shape index (κ1) is 13.7. The second-order valence-electron chi connectivity index (χ2n) is 3.60. The third-order valence-corrected chi connectivity index (χ3v) is 3.36. The SMILES string of the molecule is CCCC(CC)=NOS(=O)(=O)c1ccccc1. The van der Waals surface area contributed by atoms with Gasteiger partial charge in [-0.15, -0.1) is 0 Å². The second kappa shape index (κ2) is 6.39. The predicted octanol–water partition coefficient (Wildman–Crippen LogP) is 2.96. The molecule has 94 valence electrons. The minimum Gasteiger partial charge on any atom is -0.265 e. The molecule has 0 unspecified atom stereocenters. The van der Waals surface area contributed by atoms with E-state index < -0.39 is 10.1 Å². The van der Waals surface area contributed by atoms with E-state index in [0.717, 1.165) is 18.6 Å². The van der Waals surface area contributed by atoms with E-state index in [4.69, 9.17) is 0 Å². The molecule has 0 aliphatic rings. The molecule has 5 heteroatoms. The summed E-state index contributed by atoms with van der Waals surface area (Å²) in [5.41, 5.74) is 0.756. The van der Waals surface area contributed by atoms with Gasteiger partial charge in [-0.25, -0.2) is 0 Å². The largest absolute Gasteiger partial charge is 0.358 e. The number of oxime groups is 1. The number of benzene rings is 1. The van der Waals surface area contributed by atoms with Gasteiger partial charge in [0.15, 0.2) is 0 Å². The standard InChI is InChI=1S/C12H17NO3S/c1-3-8-11(4-2)13-16-17(14,15)12-9-6-5-7-10-12/h5-7,9-10H,3-4,8H2,1-2H3. The van der Waals surface area contributed by atoms with Crippen LogP contribution in [0.3, 0.4) is 0 Å². The van der Waals surface area contributed by atoms with Crippen LogP contribution >= 0.6 is 0 Å². The van der Waals surface area contributed by atoms with E-state index in [0.29, 0.717) is 6.42 Å². The summed E-state index contributed by atoms with van der Waals surface area (Å²) in [4.78, 5) is 0.121. The fourth-order valence-electron chi connectivity index (χ4n) is 1.31. The Bertz CT molecular complexity index is 466. The second-order valence-corrected chi connectivity index (χ2v) is 5.13. The monoisotopic (exact) mass is 255 g/mol. The lowest BCUT2D eigenvalue weighted by Crippen LogP contribution is -2.05. The fourth-order valence-corrected chi connectivity index (χ4v) is 2.09. The van der Waals surface area contributed by atoms with E-state index in [1.165, 1.54) is 12.1 Å². The molecular weight excluding hydrogens is 238 g/mol. The van der Waals surface area contributed by atoms with Gasteiger partial charge in [0.05, 0.1) is 5.71 Å². The highest BCUT2D eigenvalue weighted by Crippen LogP contribution is 2.12. The van der Waals surface area contributed by atoms with Gasteiger partial charge >= 0.3 is 10.1 Å². The summed E-state index contributed by atoms with van der Waals surface area (Å²) >= 11 is 0. The average molecular weight is 255 g/mol. The number of nitrogens with zero attached hydrogens (tertiary/aromatic N) is 1. The van der Waals surface area contributed by atoms with Crippen molar-refractivity contribution in [3.05, 3.63) is 30.3 Å². The normalized spacial score (nSPS) is 12.5. The van der Waals surface area contributed by atoms with Gasteiger partial charge in [-0.3, -0.25) is 4.28 Å². The van der Waals surface area contributed by atoms with Gasteiger partial charge in [0.25, 0.3) is 0 Å². The number of hydrogen-bond acceptors (Lipinski definition) is 4. The lowest BCUT2D eigenvalue weighted by Gasteiger charge is -2.03. The van der Waals surface area contributed by atoms with Crippen LogP contribution in [0.5, 0.6) is 0 Å². The topological polar surface area (TPSA) is 55.7 Å². The van der Waals surface area contributed by atoms with Gasteiger partial charge in [0.2, 0.25) is 0 Å². The van der Waals surface area contributed by atoms with Crippen LogP contribution in [0.2, 0.25) is 0 Å². The van der Waals surface area contributed by atoms with Gasteiger partial charge in [-0.1, -0.05) is 43.6 Å². The molecule has 0 amide bonds. The van der Waals surface area contributed by atoms with Crippen LogP contribution in [0.4, 0.5) is 0 Å². The lowest BCUT2D eigenvalue weighted by molar-refractivity contribution is 0.336. The molecule has 0 bridgehead atoms. The highest BCUT2D eigenvalue weighted by molar-refractivity contribution is 7.86. The average Bonchev–Trinajstić information content (AvgIpc) is 2.35. The van der Waals surface area contributed by atoms with Crippen molar-refractivity contribution < 1.29 is 12.7 Å². The number of hydrogen-bond donors (Lipinski definition) is 0. The third kappa shape index (κ3) is 4.19. The van der Waals surface area contributed by atoms with Crippen LogP contribution in [0, 0.1) is 0 Å². The van der Waals surface area contributed by atoms with Gasteiger partial charge in [-0.2, -0.15) is 8.42 Å². The summed E-state index contributed by atoms with van der Waals surface area (Å²) in [6, 6.07) is 8.00. The zero-order valence-corrected chi connectivity index (χ0v) is 10.9. The van der Waals surface area contributed by atoms with Gasteiger partial charge in [0, 0.05) is 0 Å². The molecule has 0 aliphatic carbocycles. The zero-order chi connectivity index (χ0) is 12.7. The predicted molar refractivity (Wildman–Crippen MR) is 67.3 cm³/mol. The molecule has 0 N–H and O–H groups in total. The molecule has 0 saturated carbocycles. The smallest absolute Gasteiger partial charge is 0.265 e. The minimum atomic E-state index is -3.77. The molecule has 1 aromatic rings. The Morgan fingerprint density at radius 2 is 1.88 bits per heavy atom. The Morgan fingerprint density at radius 1 is 1.24 bits per heavy atom. The molecule has 0 atom stereocenters. The summed E-state index contributed by atoms with van der Waals surface area (Å²) < 4.78 is 28.1. The highest BCUT2D eigenvalue weighted by atomic mass is 32.2. The van der Waals surface area contributed by atoms with E-state index in [1.54, 1.807) is 18.2 Å². The van der Waals surface area contributed by atoms with Crippen molar-refractivity contribution in [2.45, 2.75) is 38.0 Å². The summed E-state index contributed by atoms with van der Waals surface area (Å²) in [5, 5.41) is 3.71. The van der Waals surface area contributed by atoms with Crippen LogP contribution in [-0.2, 0) is 14.4 Å². The summed E-state index contributed by atoms with van der Waals surface area (Å²) in [5.74, 6) is 0. The van der Waals surface area contributed by atoms with E-state index >= 15 is 0 Å². The van der Waals surface area contributed by atoms with E-state index in [9.17, 15) is 8.42 Å². The zero-order valence-electron chi connectivity index (χ0n) is 10.1. The first-order valence-corrected chi connectivity index (χ1v) is 7.05. The van der Waals surface area contributed by atoms with Crippen molar-refractivity contribution in [2.24, 2.45) is 5.16 Å². The van der Waals surface area contributed by atoms with E-state index in [-0.39, 0.29) is 4.90 Å². The first-order chi connectivity index (χ1) is 8.10. The first-order valence-electron chi connectivity index (χ1n) is 5.64. The maximum Gasteiger partial charge on any atom is 0.358 e. The van der Waals surface area contributed by atoms with E-state index in [1.807, 2.05) is 13.8 Å². The van der Waals surface area contributed by atoms with Crippen LogP contribution in [-0.4, -0.2) is 14.1 Å². The molecule has 1 rings (SSSR count). The Labute approximate surface area is 102 Å². The Balaban J connectivity index is 2.81. The minimum absolute atomic E-state index is 0.121. The van der Waals surface area contributed by atoms with Crippen molar-refractivity contribution in [2.75, 3.05) is 0 Å². The molecule has 0 saturated heterocycles. The van der Waals surface area contributed by atoms with E-state index in [2.05, 4.69) is 9.44 Å². The molecule has 0 fully saturated rings. The molecule has 0 spiro atoms. The van der Waals surface area contributed by atoms with Crippen molar-refractivity contribution >= 4 is 15.8 Å².